The van der Waals surface area contributed by atoms with Gasteiger partial charge in [-0.1, -0.05) is 6.07 Å². The normalized spacial score (nSPS) is 18.9. The van der Waals surface area contributed by atoms with Gasteiger partial charge < -0.3 is 15.2 Å². The summed E-state index contributed by atoms with van der Waals surface area (Å²) < 4.78 is 43.3. The molecule has 2 aromatic heterocycles. The zero-order valence-electron chi connectivity index (χ0n) is 14.7. The van der Waals surface area contributed by atoms with Crippen molar-refractivity contribution in [2.45, 2.75) is 17.7 Å². The van der Waals surface area contributed by atoms with Gasteiger partial charge in [0.1, 0.15) is 16.9 Å². The first kappa shape index (κ1) is 19.5. The fraction of sp³-hybridized carbons (Fsp3) is 0.211. The summed E-state index contributed by atoms with van der Waals surface area (Å²) in [6, 6.07) is 9.88. The number of halogens is 3. The molecule has 150 valence electrons. The Kier molecular flexibility index (Phi) is 5.05. The molecule has 0 radical (unpaired) electrons. The number of hydrogen-bond acceptors (Lipinski definition) is 6. The predicted molar refractivity (Wildman–Crippen MR) is 101 cm³/mol. The quantitative estimate of drug-likeness (QED) is 0.670. The average molecular weight is 421 g/mol. The maximum Gasteiger partial charge on any atom is 0.417 e. The van der Waals surface area contributed by atoms with E-state index in [0.717, 1.165) is 12.1 Å². The van der Waals surface area contributed by atoms with Gasteiger partial charge in [-0.3, -0.25) is 4.79 Å². The predicted octanol–water partition coefficient (Wildman–Crippen LogP) is 3.60. The van der Waals surface area contributed by atoms with E-state index in [-0.39, 0.29) is 23.5 Å². The first-order valence-electron chi connectivity index (χ1n) is 8.52. The van der Waals surface area contributed by atoms with Crippen LogP contribution in [-0.4, -0.2) is 38.2 Å². The molecule has 3 aromatic rings. The molecule has 0 aliphatic carbocycles. The van der Waals surface area contributed by atoms with Crippen LogP contribution < -0.4 is 10.1 Å². The van der Waals surface area contributed by atoms with Crippen molar-refractivity contribution < 1.29 is 27.8 Å². The number of pyridine rings is 2. The molecule has 0 saturated carbocycles. The molecular weight excluding hydrogens is 407 g/mol. The first-order chi connectivity index (χ1) is 13.8. The highest BCUT2D eigenvalue weighted by molar-refractivity contribution is 8.01. The molecule has 2 atom stereocenters. The summed E-state index contributed by atoms with van der Waals surface area (Å²) in [6.45, 7) is 0. The lowest BCUT2D eigenvalue weighted by Crippen LogP contribution is -2.50. The van der Waals surface area contributed by atoms with Crippen LogP contribution in [0.3, 0.4) is 0 Å². The molecule has 29 heavy (non-hydrogen) atoms. The Labute approximate surface area is 167 Å². The fourth-order valence-corrected chi connectivity index (χ4v) is 3.36. The number of carbonyl (C=O) groups excluding carboxylic acids is 1. The average Bonchev–Trinajstić information content (AvgIpc) is 2.70. The number of thioether (sulfide) groups is 1. The van der Waals surface area contributed by atoms with Gasteiger partial charge >= 0.3 is 6.18 Å². The van der Waals surface area contributed by atoms with Crippen LogP contribution in [0.4, 0.5) is 13.2 Å². The second kappa shape index (κ2) is 7.53. The summed E-state index contributed by atoms with van der Waals surface area (Å²) in [4.78, 5) is 20.2. The van der Waals surface area contributed by atoms with Crippen molar-refractivity contribution in [2.75, 3.05) is 5.75 Å². The van der Waals surface area contributed by atoms with Gasteiger partial charge in [0, 0.05) is 23.4 Å². The molecule has 4 rings (SSSR count). The van der Waals surface area contributed by atoms with Crippen LogP contribution in [0, 0.1) is 0 Å². The summed E-state index contributed by atoms with van der Waals surface area (Å²) in [6.07, 6.45) is -3.75. The standard InChI is InChI=1S/C19H14F3N3O3S/c20-19(21,22)11-2-6-16(23-8-11)28-12-3-5-13-10(7-12)1-4-14(24-13)17(26)25-15-9-29-18(15)27/h1-8,15,18,27H,9H2,(H,25,26). The molecule has 0 spiro atoms. The number of alkyl halides is 3. The van der Waals surface area contributed by atoms with E-state index in [4.69, 9.17) is 4.74 Å². The van der Waals surface area contributed by atoms with Crippen molar-refractivity contribution in [1.29, 1.82) is 0 Å². The van der Waals surface area contributed by atoms with Crippen LogP contribution in [0.2, 0.25) is 0 Å². The third-order valence-electron chi connectivity index (χ3n) is 4.29. The molecule has 6 nitrogen and oxygen atoms in total. The Bertz CT molecular complexity index is 1060. The Hall–Kier alpha value is -2.85. The molecule has 2 unspecified atom stereocenters. The number of hydrogen-bond donors (Lipinski definition) is 2. The number of carbonyl (C=O) groups is 1. The van der Waals surface area contributed by atoms with Gasteiger partial charge in [-0.25, -0.2) is 9.97 Å². The molecule has 0 bridgehead atoms. The summed E-state index contributed by atoms with van der Waals surface area (Å²) in [5, 5.41) is 12.9. The van der Waals surface area contributed by atoms with Crippen LogP contribution in [-0.2, 0) is 6.18 Å². The maximum atomic E-state index is 12.6. The van der Waals surface area contributed by atoms with Gasteiger partial charge in [0.15, 0.2) is 0 Å². The number of benzene rings is 1. The third-order valence-corrected chi connectivity index (χ3v) is 5.51. The van der Waals surface area contributed by atoms with E-state index in [2.05, 4.69) is 15.3 Å². The van der Waals surface area contributed by atoms with Crippen molar-refractivity contribution in [1.82, 2.24) is 15.3 Å². The van der Waals surface area contributed by atoms with Crippen LogP contribution in [0.15, 0.2) is 48.7 Å². The number of nitrogens with one attached hydrogen (secondary N) is 1. The Morgan fingerprint density at radius 1 is 1.21 bits per heavy atom. The first-order valence-corrected chi connectivity index (χ1v) is 9.57. The lowest BCUT2D eigenvalue weighted by Gasteiger charge is -2.31. The molecule has 10 heteroatoms. The SMILES string of the molecule is O=C(NC1CSC1O)c1ccc2cc(Oc3ccc(C(F)(F)F)cn3)ccc2n1. The van der Waals surface area contributed by atoms with E-state index in [1.165, 1.54) is 11.8 Å². The minimum atomic E-state index is -4.46. The van der Waals surface area contributed by atoms with Crippen LogP contribution in [0.25, 0.3) is 10.9 Å². The largest absolute Gasteiger partial charge is 0.439 e. The zero-order valence-corrected chi connectivity index (χ0v) is 15.5. The van der Waals surface area contributed by atoms with Crippen molar-refractivity contribution in [3.8, 4) is 11.6 Å². The van der Waals surface area contributed by atoms with E-state index in [9.17, 15) is 23.1 Å². The highest BCUT2D eigenvalue weighted by Gasteiger charge is 2.32. The van der Waals surface area contributed by atoms with E-state index in [0.29, 0.717) is 28.6 Å². The highest BCUT2D eigenvalue weighted by Crippen LogP contribution is 2.30. The molecule has 1 amide bonds. The molecule has 1 aromatic carbocycles. The monoisotopic (exact) mass is 421 g/mol. The van der Waals surface area contributed by atoms with Crippen molar-refractivity contribution in [2.24, 2.45) is 0 Å². The summed E-state index contributed by atoms with van der Waals surface area (Å²) in [7, 11) is 0. The second-order valence-electron chi connectivity index (χ2n) is 6.34. The lowest BCUT2D eigenvalue weighted by atomic mass is 10.2. The molecule has 1 aliphatic rings. The smallest absolute Gasteiger partial charge is 0.417 e. The molecule has 1 saturated heterocycles. The Balaban J connectivity index is 1.49. The van der Waals surface area contributed by atoms with Gasteiger partial charge in [0.05, 0.1) is 17.1 Å². The van der Waals surface area contributed by atoms with E-state index in [1.807, 2.05) is 0 Å². The van der Waals surface area contributed by atoms with Crippen molar-refractivity contribution in [3.05, 3.63) is 59.9 Å². The molecule has 2 N–H and O–H groups in total. The van der Waals surface area contributed by atoms with Crippen LogP contribution in [0.5, 0.6) is 11.6 Å². The Morgan fingerprint density at radius 3 is 2.66 bits per heavy atom. The number of rotatable bonds is 4. The van der Waals surface area contributed by atoms with Gasteiger partial charge in [-0.15, -0.1) is 11.8 Å². The van der Waals surface area contributed by atoms with Crippen LogP contribution >= 0.6 is 11.8 Å². The third kappa shape index (κ3) is 4.28. The van der Waals surface area contributed by atoms with Gasteiger partial charge in [0.2, 0.25) is 5.88 Å². The minimum Gasteiger partial charge on any atom is -0.439 e. The summed E-state index contributed by atoms with van der Waals surface area (Å²) in [5.74, 6) is 0.682. The van der Waals surface area contributed by atoms with E-state index in [1.54, 1.807) is 30.3 Å². The number of aliphatic hydroxyl groups is 1. The second-order valence-corrected chi connectivity index (χ2v) is 7.49. The minimum absolute atomic E-state index is 0.0261. The number of aliphatic hydroxyl groups excluding tert-OH is 1. The lowest BCUT2D eigenvalue weighted by molar-refractivity contribution is -0.137. The zero-order chi connectivity index (χ0) is 20.6. The molecule has 3 heterocycles. The van der Waals surface area contributed by atoms with Gasteiger partial charge in [0.25, 0.3) is 5.91 Å². The Morgan fingerprint density at radius 2 is 2.03 bits per heavy atom. The number of aromatic nitrogens is 2. The number of fused-ring (bicyclic) bond motifs is 1. The van der Waals surface area contributed by atoms with Gasteiger partial charge in [-0.2, -0.15) is 13.2 Å². The van der Waals surface area contributed by atoms with E-state index >= 15 is 0 Å². The molecule has 1 aliphatic heterocycles. The summed E-state index contributed by atoms with van der Waals surface area (Å²) in [5.41, 5.74) is -0.683. The number of nitrogens with zero attached hydrogens (tertiary/aromatic N) is 2. The fourth-order valence-electron chi connectivity index (χ4n) is 2.66. The number of amides is 1. The van der Waals surface area contributed by atoms with E-state index < -0.39 is 17.2 Å². The molecular formula is C19H14F3N3O3S. The number of ether oxygens (including phenoxy) is 1. The van der Waals surface area contributed by atoms with Gasteiger partial charge in [-0.05, 0) is 30.3 Å². The summed E-state index contributed by atoms with van der Waals surface area (Å²) >= 11 is 1.36. The van der Waals surface area contributed by atoms with Crippen LogP contribution in [0.1, 0.15) is 16.1 Å². The maximum absolute atomic E-state index is 12.6. The topological polar surface area (TPSA) is 84.3 Å². The van der Waals surface area contributed by atoms with Crippen molar-refractivity contribution >= 4 is 28.6 Å². The highest BCUT2D eigenvalue weighted by atomic mass is 32.2. The van der Waals surface area contributed by atoms with Crippen molar-refractivity contribution in [3.63, 3.8) is 0 Å². The molecule has 1 fully saturated rings.